The maximum Gasteiger partial charge on any atom is 0.322 e. The highest BCUT2D eigenvalue weighted by molar-refractivity contribution is 9.10. The van der Waals surface area contributed by atoms with Gasteiger partial charge < -0.3 is 15.4 Å². The van der Waals surface area contributed by atoms with Gasteiger partial charge in [-0.3, -0.25) is 9.59 Å². The fourth-order valence-corrected chi connectivity index (χ4v) is 1.12. The SMILES string of the molecule is O=C(O)CNC(=O)c1c[nH]c(Br)c1. The predicted octanol–water partition coefficient (Wildman–Crippen LogP) is 0.592. The van der Waals surface area contributed by atoms with Crippen molar-refractivity contribution in [3.8, 4) is 0 Å². The van der Waals surface area contributed by atoms with Gasteiger partial charge in [0.1, 0.15) is 6.54 Å². The lowest BCUT2D eigenvalue weighted by atomic mass is 10.3. The molecule has 70 valence electrons. The highest BCUT2D eigenvalue weighted by Gasteiger charge is 2.07. The first-order valence-electron chi connectivity index (χ1n) is 3.43. The minimum Gasteiger partial charge on any atom is -0.480 e. The second-order valence-corrected chi connectivity index (χ2v) is 3.17. The van der Waals surface area contributed by atoms with Crippen molar-refractivity contribution in [3.63, 3.8) is 0 Å². The molecule has 0 saturated heterocycles. The van der Waals surface area contributed by atoms with Crippen LogP contribution in [0.5, 0.6) is 0 Å². The third-order valence-electron chi connectivity index (χ3n) is 1.31. The molecule has 0 fully saturated rings. The largest absolute Gasteiger partial charge is 0.480 e. The Bertz CT molecular complexity index is 334. The van der Waals surface area contributed by atoms with Gasteiger partial charge in [0.25, 0.3) is 5.91 Å². The van der Waals surface area contributed by atoms with Crippen LogP contribution >= 0.6 is 15.9 Å². The second-order valence-electron chi connectivity index (χ2n) is 2.31. The van der Waals surface area contributed by atoms with Crippen molar-refractivity contribution < 1.29 is 14.7 Å². The Morgan fingerprint density at radius 3 is 2.77 bits per heavy atom. The molecule has 1 rings (SSSR count). The van der Waals surface area contributed by atoms with Gasteiger partial charge in [0.15, 0.2) is 0 Å². The van der Waals surface area contributed by atoms with E-state index in [2.05, 4.69) is 26.2 Å². The van der Waals surface area contributed by atoms with Gasteiger partial charge in [0.2, 0.25) is 0 Å². The molecule has 1 amide bonds. The van der Waals surface area contributed by atoms with E-state index in [0.29, 0.717) is 10.2 Å². The monoisotopic (exact) mass is 246 g/mol. The van der Waals surface area contributed by atoms with Crippen molar-refractivity contribution in [3.05, 3.63) is 22.4 Å². The Hall–Kier alpha value is -1.30. The summed E-state index contributed by atoms with van der Waals surface area (Å²) in [5.41, 5.74) is 0.396. The second kappa shape index (κ2) is 4.08. The molecule has 6 heteroatoms. The standard InChI is InChI=1S/C7H7BrN2O3/c8-5-1-4(2-9-5)7(13)10-3-6(11)12/h1-2,9H,3H2,(H,10,13)(H,11,12). The molecule has 0 saturated carbocycles. The van der Waals surface area contributed by atoms with Crippen LogP contribution in [-0.4, -0.2) is 28.5 Å². The molecular weight excluding hydrogens is 240 g/mol. The van der Waals surface area contributed by atoms with Crippen molar-refractivity contribution in [1.82, 2.24) is 10.3 Å². The lowest BCUT2D eigenvalue weighted by molar-refractivity contribution is -0.135. The van der Waals surface area contributed by atoms with E-state index in [0.717, 1.165) is 0 Å². The van der Waals surface area contributed by atoms with E-state index in [1.165, 1.54) is 6.20 Å². The Morgan fingerprint density at radius 2 is 2.31 bits per heavy atom. The Kier molecular flexibility index (Phi) is 3.07. The molecular formula is C7H7BrN2O3. The Labute approximate surface area is 82.3 Å². The van der Waals surface area contributed by atoms with Gasteiger partial charge in [-0.2, -0.15) is 0 Å². The first-order valence-corrected chi connectivity index (χ1v) is 4.23. The van der Waals surface area contributed by atoms with Crippen LogP contribution in [0.4, 0.5) is 0 Å². The fraction of sp³-hybridized carbons (Fsp3) is 0.143. The summed E-state index contributed by atoms with van der Waals surface area (Å²) in [6, 6.07) is 1.57. The topological polar surface area (TPSA) is 82.2 Å². The van der Waals surface area contributed by atoms with E-state index in [-0.39, 0.29) is 6.54 Å². The van der Waals surface area contributed by atoms with Gasteiger partial charge in [0, 0.05) is 6.20 Å². The Morgan fingerprint density at radius 1 is 1.62 bits per heavy atom. The molecule has 0 spiro atoms. The number of carbonyl (C=O) groups is 2. The van der Waals surface area contributed by atoms with Crippen molar-refractivity contribution >= 4 is 27.8 Å². The van der Waals surface area contributed by atoms with Crippen LogP contribution in [0.1, 0.15) is 10.4 Å². The summed E-state index contributed by atoms with van der Waals surface area (Å²) >= 11 is 3.13. The number of hydrogen-bond donors (Lipinski definition) is 3. The third kappa shape index (κ3) is 2.90. The summed E-state index contributed by atoms with van der Waals surface area (Å²) in [7, 11) is 0. The number of aliphatic carboxylic acids is 1. The summed E-state index contributed by atoms with van der Waals surface area (Å²) < 4.78 is 0.674. The van der Waals surface area contributed by atoms with E-state index in [1.54, 1.807) is 6.07 Å². The van der Waals surface area contributed by atoms with Crippen molar-refractivity contribution in [2.24, 2.45) is 0 Å². The van der Waals surface area contributed by atoms with Crippen molar-refractivity contribution in [2.75, 3.05) is 6.54 Å². The van der Waals surface area contributed by atoms with Gasteiger partial charge in [-0.1, -0.05) is 0 Å². The summed E-state index contributed by atoms with van der Waals surface area (Å²) in [5, 5.41) is 10.5. The smallest absolute Gasteiger partial charge is 0.322 e. The van der Waals surface area contributed by atoms with Crippen LogP contribution in [0, 0.1) is 0 Å². The quantitative estimate of drug-likeness (QED) is 0.731. The van der Waals surface area contributed by atoms with Crippen LogP contribution in [0.25, 0.3) is 0 Å². The zero-order valence-electron chi connectivity index (χ0n) is 6.50. The van der Waals surface area contributed by atoms with E-state index in [1.807, 2.05) is 0 Å². The molecule has 0 bridgehead atoms. The van der Waals surface area contributed by atoms with Crippen LogP contribution < -0.4 is 5.32 Å². The van der Waals surface area contributed by atoms with Gasteiger partial charge in [0.05, 0.1) is 10.2 Å². The molecule has 0 aliphatic heterocycles. The molecule has 5 nitrogen and oxygen atoms in total. The Balaban J connectivity index is 2.54. The molecule has 1 aromatic heterocycles. The van der Waals surface area contributed by atoms with Gasteiger partial charge in [-0.05, 0) is 22.0 Å². The maximum atomic E-state index is 11.1. The molecule has 1 heterocycles. The third-order valence-corrected chi connectivity index (χ3v) is 1.77. The first kappa shape index (κ1) is 9.79. The first-order chi connectivity index (χ1) is 6.09. The summed E-state index contributed by atoms with van der Waals surface area (Å²) in [6.07, 6.45) is 1.49. The van der Waals surface area contributed by atoms with Crippen LogP contribution in [0.15, 0.2) is 16.9 Å². The molecule has 0 radical (unpaired) electrons. The number of aromatic nitrogens is 1. The number of H-pyrrole nitrogens is 1. The molecule has 3 N–H and O–H groups in total. The number of carbonyl (C=O) groups excluding carboxylic acids is 1. The van der Waals surface area contributed by atoms with E-state index in [4.69, 9.17) is 5.11 Å². The summed E-state index contributed by atoms with van der Waals surface area (Å²) in [6.45, 7) is -0.373. The number of hydrogen-bond acceptors (Lipinski definition) is 2. The lowest BCUT2D eigenvalue weighted by Crippen LogP contribution is -2.28. The van der Waals surface area contributed by atoms with Crippen molar-refractivity contribution in [2.45, 2.75) is 0 Å². The summed E-state index contributed by atoms with van der Waals surface area (Å²) in [4.78, 5) is 24.0. The molecule has 1 aromatic rings. The fourth-order valence-electron chi connectivity index (χ4n) is 0.756. The number of aromatic amines is 1. The number of amides is 1. The molecule has 0 aromatic carbocycles. The zero-order chi connectivity index (χ0) is 9.84. The highest BCUT2D eigenvalue weighted by Crippen LogP contribution is 2.09. The normalized spacial score (nSPS) is 9.62. The van der Waals surface area contributed by atoms with E-state index >= 15 is 0 Å². The maximum absolute atomic E-state index is 11.1. The number of halogens is 1. The van der Waals surface area contributed by atoms with Gasteiger partial charge in [-0.25, -0.2) is 0 Å². The van der Waals surface area contributed by atoms with E-state index in [9.17, 15) is 9.59 Å². The molecule has 0 aliphatic carbocycles. The summed E-state index contributed by atoms with van der Waals surface area (Å²) in [5.74, 6) is -1.48. The molecule has 13 heavy (non-hydrogen) atoms. The number of carboxylic acid groups (broad SMARTS) is 1. The minimum atomic E-state index is -1.07. The highest BCUT2D eigenvalue weighted by atomic mass is 79.9. The average Bonchev–Trinajstić information content (AvgIpc) is 2.47. The molecule has 0 aliphatic rings. The van der Waals surface area contributed by atoms with Crippen molar-refractivity contribution in [1.29, 1.82) is 0 Å². The number of nitrogens with one attached hydrogen (secondary N) is 2. The van der Waals surface area contributed by atoms with E-state index < -0.39 is 11.9 Å². The van der Waals surface area contributed by atoms with Crippen LogP contribution in [0.2, 0.25) is 0 Å². The van der Waals surface area contributed by atoms with Gasteiger partial charge in [-0.15, -0.1) is 0 Å². The number of carboxylic acids is 1. The zero-order valence-corrected chi connectivity index (χ0v) is 8.09. The number of rotatable bonds is 3. The van der Waals surface area contributed by atoms with Crippen LogP contribution in [0.3, 0.4) is 0 Å². The van der Waals surface area contributed by atoms with Crippen LogP contribution in [-0.2, 0) is 4.79 Å². The molecule has 0 unspecified atom stereocenters. The average molecular weight is 247 g/mol. The minimum absolute atomic E-state index is 0.373. The molecule has 0 atom stereocenters. The lowest BCUT2D eigenvalue weighted by Gasteiger charge is -1.97. The predicted molar refractivity (Wildman–Crippen MR) is 48.5 cm³/mol. The van der Waals surface area contributed by atoms with Gasteiger partial charge >= 0.3 is 5.97 Å².